The summed E-state index contributed by atoms with van der Waals surface area (Å²) >= 11 is 0. The van der Waals surface area contributed by atoms with Crippen LogP contribution in [0.3, 0.4) is 0 Å². The van der Waals surface area contributed by atoms with E-state index in [2.05, 4.69) is 10.2 Å². The Bertz CT molecular complexity index is 1090. The lowest BCUT2D eigenvalue weighted by Crippen LogP contribution is -2.32. The maximum Gasteiger partial charge on any atom is 0.302 e. The standard InChI is InChI=1S/C22H23N5O6/c1-15-7-8-20(25-24-19-5-4-6-21(27(30)31)18(19)14-23)22(13-15)26(9-11-32-16(2)28)10-12-33-17(3)29/h4-8,13H,9-12H2,1-3H3. The van der Waals surface area contributed by atoms with Crippen molar-refractivity contribution in [3.05, 3.63) is 57.6 Å². The molecule has 0 heterocycles. The largest absolute Gasteiger partial charge is 0.464 e. The van der Waals surface area contributed by atoms with E-state index in [1.807, 2.05) is 24.0 Å². The second-order valence-corrected chi connectivity index (χ2v) is 6.90. The van der Waals surface area contributed by atoms with Gasteiger partial charge < -0.3 is 14.4 Å². The molecule has 0 spiro atoms. The average Bonchev–Trinajstić information content (AvgIpc) is 2.76. The lowest BCUT2D eigenvalue weighted by Gasteiger charge is -2.25. The molecule has 0 unspecified atom stereocenters. The van der Waals surface area contributed by atoms with E-state index in [1.165, 1.54) is 32.0 Å². The number of nitrogens with zero attached hydrogens (tertiary/aromatic N) is 5. The van der Waals surface area contributed by atoms with Crippen LogP contribution >= 0.6 is 0 Å². The molecule has 0 bridgehead atoms. The van der Waals surface area contributed by atoms with Gasteiger partial charge in [0.1, 0.15) is 30.7 Å². The van der Waals surface area contributed by atoms with Crippen molar-refractivity contribution in [3.8, 4) is 6.07 Å². The van der Waals surface area contributed by atoms with E-state index in [1.54, 1.807) is 12.1 Å². The second-order valence-electron chi connectivity index (χ2n) is 6.90. The summed E-state index contributed by atoms with van der Waals surface area (Å²) in [5.41, 5.74) is 1.47. The van der Waals surface area contributed by atoms with E-state index in [0.717, 1.165) is 5.56 Å². The first-order chi connectivity index (χ1) is 15.7. The fourth-order valence-electron chi connectivity index (χ4n) is 2.91. The predicted octanol–water partition coefficient (Wildman–Crippen LogP) is 4.12. The van der Waals surface area contributed by atoms with Gasteiger partial charge in [0.15, 0.2) is 5.56 Å². The van der Waals surface area contributed by atoms with Crippen LogP contribution < -0.4 is 4.90 Å². The highest BCUT2D eigenvalue weighted by Crippen LogP contribution is 2.33. The van der Waals surface area contributed by atoms with Crippen LogP contribution in [0.4, 0.5) is 22.7 Å². The summed E-state index contributed by atoms with van der Waals surface area (Å²) in [6, 6.07) is 11.3. The van der Waals surface area contributed by atoms with Crippen LogP contribution in [-0.2, 0) is 19.1 Å². The zero-order valence-electron chi connectivity index (χ0n) is 18.5. The van der Waals surface area contributed by atoms with Crippen molar-refractivity contribution in [3.63, 3.8) is 0 Å². The first kappa shape index (κ1) is 24.9. The number of nitro benzene ring substituents is 1. The number of azo groups is 1. The number of nitro groups is 1. The number of rotatable bonds is 10. The van der Waals surface area contributed by atoms with E-state index in [-0.39, 0.29) is 30.2 Å². The van der Waals surface area contributed by atoms with Crippen molar-refractivity contribution in [1.29, 1.82) is 5.26 Å². The number of esters is 2. The van der Waals surface area contributed by atoms with E-state index >= 15 is 0 Å². The van der Waals surface area contributed by atoms with Crippen LogP contribution in [0.5, 0.6) is 0 Å². The topological polar surface area (TPSA) is 147 Å². The van der Waals surface area contributed by atoms with Gasteiger partial charge in [-0.15, -0.1) is 10.2 Å². The Morgan fingerprint density at radius 3 is 2.21 bits per heavy atom. The summed E-state index contributed by atoms with van der Waals surface area (Å²) in [6.45, 7) is 5.30. The third-order valence-electron chi connectivity index (χ3n) is 4.40. The third-order valence-corrected chi connectivity index (χ3v) is 4.40. The molecule has 0 saturated carbocycles. The molecule has 0 fully saturated rings. The van der Waals surface area contributed by atoms with Crippen molar-refractivity contribution >= 4 is 34.7 Å². The summed E-state index contributed by atoms with van der Waals surface area (Å²) in [6.07, 6.45) is 0. The Labute approximate surface area is 190 Å². The van der Waals surface area contributed by atoms with Crippen LogP contribution in [0.2, 0.25) is 0 Å². The van der Waals surface area contributed by atoms with Crippen molar-refractivity contribution in [2.24, 2.45) is 10.2 Å². The lowest BCUT2D eigenvalue weighted by atomic mass is 10.1. The van der Waals surface area contributed by atoms with Gasteiger partial charge in [-0.2, -0.15) is 5.26 Å². The number of benzene rings is 2. The van der Waals surface area contributed by atoms with Gasteiger partial charge in [-0.25, -0.2) is 0 Å². The number of nitriles is 1. The summed E-state index contributed by atoms with van der Waals surface area (Å²) in [5.74, 6) is -0.845. The van der Waals surface area contributed by atoms with Crippen molar-refractivity contribution in [2.75, 3.05) is 31.2 Å². The molecular formula is C22H23N5O6. The van der Waals surface area contributed by atoms with E-state index in [0.29, 0.717) is 24.5 Å². The molecule has 0 N–H and O–H groups in total. The minimum atomic E-state index is -0.652. The minimum absolute atomic E-state index is 0.0598. The molecule has 2 rings (SSSR count). The van der Waals surface area contributed by atoms with Crippen LogP contribution in [-0.4, -0.2) is 43.2 Å². The highest BCUT2D eigenvalue weighted by Gasteiger charge is 2.18. The van der Waals surface area contributed by atoms with Crippen LogP contribution in [0.25, 0.3) is 0 Å². The molecule has 0 radical (unpaired) electrons. The van der Waals surface area contributed by atoms with Crippen LogP contribution in [0.1, 0.15) is 25.0 Å². The Kier molecular flexibility index (Phi) is 8.99. The van der Waals surface area contributed by atoms with Gasteiger partial charge in [-0.1, -0.05) is 12.1 Å². The second kappa shape index (κ2) is 11.9. The molecule has 172 valence electrons. The fraction of sp³-hybridized carbons (Fsp3) is 0.318. The Balaban J connectivity index is 2.41. The lowest BCUT2D eigenvalue weighted by molar-refractivity contribution is -0.385. The molecule has 0 saturated heterocycles. The van der Waals surface area contributed by atoms with Gasteiger partial charge >= 0.3 is 11.9 Å². The molecule has 0 aliphatic rings. The number of carbonyl (C=O) groups is 2. The van der Waals surface area contributed by atoms with Gasteiger partial charge in [0.05, 0.1) is 23.7 Å². The van der Waals surface area contributed by atoms with Gasteiger partial charge in [0, 0.05) is 19.9 Å². The maximum absolute atomic E-state index is 11.2. The zero-order valence-corrected chi connectivity index (χ0v) is 18.5. The summed E-state index contributed by atoms with van der Waals surface area (Å²) in [7, 11) is 0. The van der Waals surface area contributed by atoms with Crippen LogP contribution in [0, 0.1) is 28.4 Å². The molecule has 11 nitrogen and oxygen atoms in total. The molecule has 0 aliphatic heterocycles. The SMILES string of the molecule is CC(=O)OCCN(CCOC(C)=O)c1cc(C)ccc1N=Nc1cccc([N+](=O)[O-])c1C#N. The molecule has 2 aromatic rings. The minimum Gasteiger partial charge on any atom is -0.464 e. The monoisotopic (exact) mass is 453 g/mol. The number of carbonyl (C=O) groups excluding carboxylic acids is 2. The van der Waals surface area contributed by atoms with Crippen molar-refractivity contribution in [2.45, 2.75) is 20.8 Å². The molecule has 0 aromatic heterocycles. The first-order valence-corrected chi connectivity index (χ1v) is 9.94. The number of aryl methyl sites for hydroxylation is 1. The highest BCUT2D eigenvalue weighted by atomic mass is 16.6. The Morgan fingerprint density at radius 2 is 1.67 bits per heavy atom. The van der Waals surface area contributed by atoms with E-state index < -0.39 is 16.9 Å². The molecular weight excluding hydrogens is 430 g/mol. The molecule has 0 amide bonds. The van der Waals surface area contributed by atoms with Crippen molar-refractivity contribution < 1.29 is 24.0 Å². The molecule has 0 aliphatic carbocycles. The maximum atomic E-state index is 11.2. The van der Waals surface area contributed by atoms with Crippen LogP contribution in [0.15, 0.2) is 46.6 Å². The van der Waals surface area contributed by atoms with E-state index in [9.17, 15) is 25.0 Å². The van der Waals surface area contributed by atoms with Gasteiger partial charge in [-0.05, 0) is 30.7 Å². The predicted molar refractivity (Wildman–Crippen MR) is 119 cm³/mol. The zero-order chi connectivity index (χ0) is 24.4. The Hall–Kier alpha value is -4.33. The normalized spacial score (nSPS) is 10.5. The number of hydrogen-bond acceptors (Lipinski definition) is 10. The molecule has 0 atom stereocenters. The molecule has 33 heavy (non-hydrogen) atoms. The van der Waals surface area contributed by atoms with Gasteiger partial charge in [0.25, 0.3) is 5.69 Å². The summed E-state index contributed by atoms with van der Waals surface area (Å²) in [5, 5.41) is 28.9. The fourth-order valence-corrected chi connectivity index (χ4v) is 2.91. The summed E-state index contributed by atoms with van der Waals surface area (Å²) in [4.78, 5) is 34.7. The smallest absolute Gasteiger partial charge is 0.302 e. The van der Waals surface area contributed by atoms with Gasteiger partial charge in [-0.3, -0.25) is 19.7 Å². The quantitative estimate of drug-likeness (QED) is 0.226. The average molecular weight is 453 g/mol. The Morgan fingerprint density at radius 1 is 1.06 bits per heavy atom. The molecule has 11 heteroatoms. The third kappa shape index (κ3) is 7.39. The number of hydrogen-bond donors (Lipinski definition) is 0. The summed E-state index contributed by atoms with van der Waals surface area (Å²) < 4.78 is 10.1. The number of ether oxygens (including phenoxy) is 2. The van der Waals surface area contributed by atoms with Crippen molar-refractivity contribution in [1.82, 2.24) is 0 Å². The molecule has 2 aromatic carbocycles. The van der Waals surface area contributed by atoms with Gasteiger partial charge in [0.2, 0.25) is 0 Å². The number of anilines is 1. The van der Waals surface area contributed by atoms with E-state index in [4.69, 9.17) is 9.47 Å². The highest BCUT2D eigenvalue weighted by molar-refractivity contribution is 5.70. The first-order valence-electron chi connectivity index (χ1n) is 9.94.